The Balaban J connectivity index is 1.93. The van der Waals surface area contributed by atoms with E-state index in [1.54, 1.807) is 37.3 Å². The van der Waals surface area contributed by atoms with Crippen LogP contribution in [0.4, 0.5) is 11.4 Å². The second-order valence-corrected chi connectivity index (χ2v) is 8.65. The zero-order valence-corrected chi connectivity index (χ0v) is 17.8. The molecular weight excluding hydrogens is 406 g/mol. The van der Waals surface area contributed by atoms with Gasteiger partial charge >= 0.3 is 5.69 Å². The van der Waals surface area contributed by atoms with Gasteiger partial charge in [-0.2, -0.15) is 0 Å². The molecule has 8 nitrogen and oxygen atoms in total. The van der Waals surface area contributed by atoms with Gasteiger partial charge in [0.2, 0.25) is 5.76 Å². The Bertz CT molecular complexity index is 1260. The molecule has 0 bridgehead atoms. The third-order valence-corrected chi connectivity index (χ3v) is 6.25. The van der Waals surface area contributed by atoms with Crippen molar-refractivity contribution in [1.82, 2.24) is 5.16 Å². The summed E-state index contributed by atoms with van der Waals surface area (Å²) in [5, 5.41) is 14.8. The van der Waals surface area contributed by atoms with Gasteiger partial charge in [-0.05, 0) is 74.2 Å². The maximum Gasteiger partial charge on any atom is 0.338 e. The van der Waals surface area contributed by atoms with E-state index in [2.05, 4.69) is 9.88 Å². The van der Waals surface area contributed by atoms with Gasteiger partial charge in [0.1, 0.15) is 0 Å². The minimum atomic E-state index is -3.82. The zero-order valence-electron chi connectivity index (χ0n) is 17.0. The number of aryl methyl sites for hydroxylation is 4. The number of aromatic nitrogens is 1. The summed E-state index contributed by atoms with van der Waals surface area (Å²) in [7, 11) is -3.82. The van der Waals surface area contributed by atoms with Crippen LogP contribution in [0.1, 0.15) is 33.7 Å². The number of hydrogen-bond acceptors (Lipinski definition) is 6. The molecule has 0 aliphatic heterocycles. The molecular formula is C21H21N3O5S. The molecule has 3 aromatic rings. The molecule has 0 aliphatic carbocycles. The van der Waals surface area contributed by atoms with Crippen molar-refractivity contribution in [3.05, 3.63) is 80.2 Å². The van der Waals surface area contributed by atoms with Crippen LogP contribution in [0.15, 0.2) is 45.8 Å². The minimum absolute atomic E-state index is 0.00395. The number of nitrogens with one attached hydrogen (secondary N) is 1. The molecule has 9 heteroatoms. The average molecular weight is 427 g/mol. The molecule has 0 saturated carbocycles. The van der Waals surface area contributed by atoms with Crippen LogP contribution < -0.4 is 4.72 Å². The fourth-order valence-corrected chi connectivity index (χ4v) is 4.24. The second kappa shape index (κ2) is 8.11. The van der Waals surface area contributed by atoms with Gasteiger partial charge in [-0.1, -0.05) is 29.4 Å². The summed E-state index contributed by atoms with van der Waals surface area (Å²) in [6, 6.07) is 10.2. The Kier molecular flexibility index (Phi) is 5.75. The second-order valence-electron chi connectivity index (χ2n) is 7.00. The molecule has 0 radical (unpaired) electrons. The zero-order chi connectivity index (χ0) is 22.1. The Morgan fingerprint density at radius 2 is 1.70 bits per heavy atom. The first-order chi connectivity index (χ1) is 14.1. The van der Waals surface area contributed by atoms with Gasteiger partial charge < -0.3 is 4.52 Å². The van der Waals surface area contributed by atoms with E-state index in [9.17, 15) is 18.5 Å². The molecule has 1 aromatic heterocycles. The number of nitrogens with zero attached hydrogens (tertiary/aromatic N) is 2. The molecule has 3 rings (SSSR count). The average Bonchev–Trinajstić information content (AvgIpc) is 3.04. The highest BCUT2D eigenvalue weighted by molar-refractivity contribution is 7.92. The van der Waals surface area contributed by atoms with E-state index >= 15 is 0 Å². The molecule has 0 aliphatic rings. The predicted molar refractivity (Wildman–Crippen MR) is 115 cm³/mol. The van der Waals surface area contributed by atoms with Crippen molar-refractivity contribution in [3.8, 4) is 0 Å². The Morgan fingerprint density at radius 3 is 2.37 bits per heavy atom. The molecule has 1 N–H and O–H groups in total. The smallest absolute Gasteiger partial charge is 0.338 e. The third kappa shape index (κ3) is 4.41. The number of benzene rings is 2. The van der Waals surface area contributed by atoms with Crippen molar-refractivity contribution >= 4 is 33.6 Å². The highest BCUT2D eigenvalue weighted by Gasteiger charge is 2.22. The highest BCUT2D eigenvalue weighted by Crippen LogP contribution is 2.26. The maximum atomic E-state index is 12.9. The summed E-state index contributed by atoms with van der Waals surface area (Å²) in [5.41, 5.74) is 3.60. The Labute approximate surface area is 174 Å². The molecule has 0 spiro atoms. The van der Waals surface area contributed by atoms with Crippen molar-refractivity contribution in [2.75, 3.05) is 4.72 Å². The molecule has 0 amide bonds. The summed E-state index contributed by atoms with van der Waals surface area (Å²) in [6.07, 6.45) is 2.94. The van der Waals surface area contributed by atoms with E-state index in [4.69, 9.17) is 4.52 Å². The van der Waals surface area contributed by atoms with E-state index in [1.165, 1.54) is 19.1 Å². The summed E-state index contributed by atoms with van der Waals surface area (Å²) < 4.78 is 33.5. The first-order valence-electron chi connectivity index (χ1n) is 9.08. The van der Waals surface area contributed by atoms with Crippen LogP contribution in [0.3, 0.4) is 0 Å². The molecule has 30 heavy (non-hydrogen) atoms. The van der Waals surface area contributed by atoms with E-state index in [0.717, 1.165) is 11.1 Å². The highest BCUT2D eigenvalue weighted by atomic mass is 32.2. The molecule has 0 fully saturated rings. The minimum Gasteiger partial charge on any atom is -0.349 e. The van der Waals surface area contributed by atoms with Crippen LogP contribution in [0.2, 0.25) is 0 Å². The summed E-state index contributed by atoms with van der Waals surface area (Å²) in [4.78, 5) is 10.7. The molecule has 1 heterocycles. The number of rotatable bonds is 6. The SMILES string of the molecule is Cc1ccc(NS(=O)(=O)c2cc(/C=C/c3onc(C)c3[N+](=O)[O-])ccc2C)cc1C. The Hall–Kier alpha value is -3.46. The lowest BCUT2D eigenvalue weighted by Gasteiger charge is -2.12. The Morgan fingerprint density at radius 1 is 1.00 bits per heavy atom. The van der Waals surface area contributed by atoms with Crippen LogP contribution in [-0.2, 0) is 10.0 Å². The number of nitro groups is 1. The number of hydrogen-bond donors (Lipinski definition) is 1. The van der Waals surface area contributed by atoms with Gasteiger partial charge in [0.05, 0.1) is 9.82 Å². The van der Waals surface area contributed by atoms with E-state index < -0.39 is 14.9 Å². The topological polar surface area (TPSA) is 115 Å². The standard InChI is InChI=1S/C21H21N3O5S/c1-13-6-9-18(11-15(13)3)23-30(27,28)20-12-17(7-5-14(20)2)8-10-19-21(24(25)26)16(4)22-29-19/h5-12,23H,1-4H3/b10-8+. The molecule has 2 aromatic carbocycles. The third-order valence-electron chi connectivity index (χ3n) is 4.73. The van der Waals surface area contributed by atoms with Crippen molar-refractivity contribution in [2.24, 2.45) is 0 Å². The van der Waals surface area contributed by atoms with Crippen molar-refractivity contribution in [3.63, 3.8) is 0 Å². The van der Waals surface area contributed by atoms with Crippen LogP contribution >= 0.6 is 0 Å². The summed E-state index contributed by atoms with van der Waals surface area (Å²) in [5.74, 6) is -0.00395. The van der Waals surface area contributed by atoms with Gasteiger partial charge in [-0.15, -0.1) is 0 Å². The van der Waals surface area contributed by atoms with Gasteiger partial charge in [-0.3, -0.25) is 14.8 Å². The van der Waals surface area contributed by atoms with Gasteiger partial charge in [0, 0.05) is 5.69 Å². The summed E-state index contributed by atoms with van der Waals surface area (Å²) in [6.45, 7) is 7.04. The van der Waals surface area contributed by atoms with Crippen molar-refractivity contribution in [2.45, 2.75) is 32.6 Å². The molecule has 156 valence electrons. The molecule has 0 unspecified atom stereocenters. The fraction of sp³-hybridized carbons (Fsp3) is 0.190. The lowest BCUT2D eigenvalue weighted by molar-refractivity contribution is -0.386. The van der Waals surface area contributed by atoms with Crippen LogP contribution in [0.5, 0.6) is 0 Å². The lowest BCUT2D eigenvalue weighted by Crippen LogP contribution is -2.14. The van der Waals surface area contributed by atoms with Crippen LogP contribution in [0.25, 0.3) is 12.2 Å². The first-order valence-corrected chi connectivity index (χ1v) is 10.6. The molecule has 0 atom stereocenters. The fourth-order valence-electron chi connectivity index (χ4n) is 2.91. The monoisotopic (exact) mass is 427 g/mol. The largest absolute Gasteiger partial charge is 0.349 e. The van der Waals surface area contributed by atoms with Crippen molar-refractivity contribution < 1.29 is 17.9 Å². The van der Waals surface area contributed by atoms with Crippen molar-refractivity contribution in [1.29, 1.82) is 0 Å². The van der Waals surface area contributed by atoms with Crippen LogP contribution in [-0.4, -0.2) is 18.5 Å². The predicted octanol–water partition coefficient (Wildman–Crippen LogP) is 4.79. The molecule has 0 saturated heterocycles. The number of anilines is 1. The van der Waals surface area contributed by atoms with E-state index in [1.807, 2.05) is 19.9 Å². The first kappa shape index (κ1) is 21.3. The van der Waals surface area contributed by atoms with E-state index in [-0.39, 0.29) is 22.0 Å². The van der Waals surface area contributed by atoms with Gasteiger partial charge in [0.15, 0.2) is 5.69 Å². The number of sulfonamides is 1. The maximum absolute atomic E-state index is 12.9. The summed E-state index contributed by atoms with van der Waals surface area (Å²) >= 11 is 0. The normalized spacial score (nSPS) is 11.7. The van der Waals surface area contributed by atoms with Gasteiger partial charge in [-0.25, -0.2) is 8.42 Å². The lowest BCUT2D eigenvalue weighted by atomic mass is 10.1. The quantitative estimate of drug-likeness (QED) is 0.447. The van der Waals surface area contributed by atoms with E-state index in [0.29, 0.717) is 16.8 Å². The van der Waals surface area contributed by atoms with Crippen LogP contribution in [0, 0.1) is 37.8 Å². The van der Waals surface area contributed by atoms with Gasteiger partial charge in [0.25, 0.3) is 10.0 Å².